The second-order valence-corrected chi connectivity index (χ2v) is 7.46. The van der Waals surface area contributed by atoms with Crippen LogP contribution in [0.4, 0.5) is 8.78 Å². The Labute approximate surface area is 141 Å². The molecule has 8 nitrogen and oxygen atoms in total. The second kappa shape index (κ2) is 6.23. The lowest BCUT2D eigenvalue weighted by Crippen LogP contribution is -2.43. The number of H-pyrrole nitrogens is 1. The SMILES string of the molecule is CCC(O)c1cc2c(=O)n(NS(C)(=O)=O)c(=O)[nH]c2cc1C(C)(F)F. The van der Waals surface area contributed by atoms with Crippen LogP contribution in [0.5, 0.6) is 0 Å². The molecule has 0 fully saturated rings. The van der Waals surface area contributed by atoms with E-state index in [0.717, 1.165) is 18.4 Å². The van der Waals surface area contributed by atoms with E-state index in [1.807, 2.05) is 0 Å². The summed E-state index contributed by atoms with van der Waals surface area (Å²) in [5.41, 5.74) is -3.06. The third kappa shape index (κ3) is 3.87. The number of hydrogen-bond acceptors (Lipinski definition) is 5. The molecule has 1 heterocycles. The zero-order valence-electron chi connectivity index (χ0n) is 13.6. The quantitative estimate of drug-likeness (QED) is 0.710. The molecule has 0 aliphatic rings. The van der Waals surface area contributed by atoms with E-state index in [2.05, 4.69) is 4.98 Å². The molecule has 1 unspecified atom stereocenters. The number of benzene rings is 1. The number of aromatic amines is 1. The van der Waals surface area contributed by atoms with Crippen LogP contribution in [0.1, 0.15) is 37.5 Å². The van der Waals surface area contributed by atoms with Crippen molar-refractivity contribution in [1.29, 1.82) is 0 Å². The van der Waals surface area contributed by atoms with Crippen LogP contribution in [0.25, 0.3) is 10.9 Å². The molecule has 0 spiro atoms. The van der Waals surface area contributed by atoms with Crippen LogP contribution in [0.15, 0.2) is 21.7 Å². The maximum atomic E-state index is 13.9. The van der Waals surface area contributed by atoms with Crippen molar-refractivity contribution < 1.29 is 22.3 Å². The minimum Gasteiger partial charge on any atom is -0.388 e. The van der Waals surface area contributed by atoms with E-state index in [9.17, 15) is 31.9 Å². The Hall–Kier alpha value is -2.27. The van der Waals surface area contributed by atoms with E-state index in [1.54, 1.807) is 11.8 Å². The molecule has 1 atom stereocenters. The first kappa shape index (κ1) is 19.1. The zero-order chi connectivity index (χ0) is 19.2. The normalized spacial score (nSPS) is 13.8. The van der Waals surface area contributed by atoms with Gasteiger partial charge in [0.25, 0.3) is 11.5 Å². The molecule has 25 heavy (non-hydrogen) atoms. The number of aliphatic hydroxyl groups is 1. The van der Waals surface area contributed by atoms with Gasteiger partial charge in [0.2, 0.25) is 10.0 Å². The number of aliphatic hydroxyl groups excluding tert-OH is 1. The first-order valence-corrected chi connectivity index (χ1v) is 9.11. The van der Waals surface area contributed by atoms with E-state index >= 15 is 0 Å². The summed E-state index contributed by atoms with van der Waals surface area (Å²) in [7, 11) is -3.93. The van der Waals surface area contributed by atoms with Gasteiger partial charge in [0.15, 0.2) is 0 Å². The van der Waals surface area contributed by atoms with Gasteiger partial charge in [-0.15, -0.1) is 0 Å². The lowest BCUT2D eigenvalue weighted by molar-refractivity contribution is 0.0137. The summed E-state index contributed by atoms with van der Waals surface area (Å²) in [6.45, 7) is 2.20. The van der Waals surface area contributed by atoms with Crippen molar-refractivity contribution in [2.45, 2.75) is 32.3 Å². The van der Waals surface area contributed by atoms with Gasteiger partial charge in [0.05, 0.1) is 23.3 Å². The van der Waals surface area contributed by atoms with E-state index in [0.29, 0.717) is 6.92 Å². The Bertz CT molecular complexity index is 1040. The third-order valence-corrected chi connectivity index (χ3v) is 4.06. The molecule has 2 rings (SSSR count). The Morgan fingerprint density at radius 2 is 1.96 bits per heavy atom. The average Bonchev–Trinajstić information content (AvgIpc) is 2.47. The summed E-state index contributed by atoms with van der Waals surface area (Å²) in [6, 6.07) is 1.95. The highest BCUT2D eigenvalue weighted by atomic mass is 32.2. The number of hydrogen-bond donors (Lipinski definition) is 3. The van der Waals surface area contributed by atoms with Gasteiger partial charge in [-0.1, -0.05) is 6.92 Å². The van der Waals surface area contributed by atoms with Gasteiger partial charge < -0.3 is 10.1 Å². The topological polar surface area (TPSA) is 121 Å². The molecular weight excluding hydrogens is 360 g/mol. The second-order valence-electron chi connectivity index (χ2n) is 5.73. The number of halogens is 2. The molecule has 0 aliphatic heterocycles. The lowest BCUT2D eigenvalue weighted by atomic mass is 9.95. The molecule has 1 aromatic heterocycles. The van der Waals surface area contributed by atoms with Crippen LogP contribution >= 0.6 is 0 Å². The van der Waals surface area contributed by atoms with E-state index in [1.165, 1.54) is 0 Å². The Balaban J connectivity index is 2.90. The van der Waals surface area contributed by atoms with Gasteiger partial charge in [-0.2, -0.15) is 4.68 Å². The number of nitrogens with one attached hydrogen (secondary N) is 2. The van der Waals surface area contributed by atoms with Gasteiger partial charge in [-0.3, -0.25) is 4.79 Å². The standard InChI is InChI=1S/C14H17F2N3O5S/c1-4-11(20)7-5-8-10(6-9(7)14(2,15)16)17-13(22)19(12(8)21)18-25(3,23)24/h5-6,11,18,20H,4H2,1-3H3,(H,17,22). The van der Waals surface area contributed by atoms with Crippen LogP contribution in [0, 0.1) is 0 Å². The molecule has 3 N–H and O–H groups in total. The van der Waals surface area contributed by atoms with Gasteiger partial charge in [0, 0.05) is 12.5 Å². The van der Waals surface area contributed by atoms with Crippen molar-refractivity contribution in [2.24, 2.45) is 0 Å². The van der Waals surface area contributed by atoms with Gasteiger partial charge >= 0.3 is 5.69 Å². The fourth-order valence-corrected chi connectivity index (χ4v) is 2.90. The van der Waals surface area contributed by atoms with Crippen molar-refractivity contribution in [1.82, 2.24) is 9.66 Å². The third-order valence-electron chi connectivity index (χ3n) is 3.54. The molecule has 138 valence electrons. The maximum absolute atomic E-state index is 13.9. The van der Waals surface area contributed by atoms with E-state index in [4.69, 9.17) is 0 Å². The van der Waals surface area contributed by atoms with E-state index < -0.39 is 38.9 Å². The van der Waals surface area contributed by atoms with Gasteiger partial charge in [-0.25, -0.2) is 26.8 Å². The van der Waals surface area contributed by atoms with Crippen LogP contribution in [0.3, 0.4) is 0 Å². The number of sulfonamides is 1. The first-order valence-electron chi connectivity index (χ1n) is 7.22. The molecular formula is C14H17F2N3O5S. The number of aromatic nitrogens is 2. The molecule has 0 saturated carbocycles. The van der Waals surface area contributed by atoms with Crippen molar-refractivity contribution in [3.8, 4) is 0 Å². The lowest BCUT2D eigenvalue weighted by Gasteiger charge is -2.20. The van der Waals surface area contributed by atoms with E-state index in [-0.39, 0.29) is 27.6 Å². The highest BCUT2D eigenvalue weighted by molar-refractivity contribution is 7.91. The number of nitrogens with zero attached hydrogens (tertiary/aromatic N) is 1. The highest BCUT2D eigenvalue weighted by Gasteiger charge is 2.30. The molecule has 2 aromatic rings. The van der Waals surface area contributed by atoms with Gasteiger partial charge in [0.1, 0.15) is 0 Å². The summed E-state index contributed by atoms with van der Waals surface area (Å²) in [5.74, 6) is -3.32. The minimum absolute atomic E-state index is 0.119. The van der Waals surface area contributed by atoms with Crippen molar-refractivity contribution in [3.63, 3.8) is 0 Å². The van der Waals surface area contributed by atoms with Crippen LogP contribution in [0.2, 0.25) is 0 Å². The largest absolute Gasteiger partial charge is 0.388 e. The molecule has 0 bridgehead atoms. The summed E-state index contributed by atoms with van der Waals surface area (Å²) in [6.07, 6.45) is -0.392. The molecule has 1 aromatic carbocycles. The number of alkyl halides is 2. The van der Waals surface area contributed by atoms with Crippen LogP contribution < -0.4 is 16.1 Å². The van der Waals surface area contributed by atoms with Crippen LogP contribution in [-0.2, 0) is 15.9 Å². The van der Waals surface area contributed by atoms with Crippen LogP contribution in [-0.4, -0.2) is 29.4 Å². The Morgan fingerprint density at radius 1 is 1.36 bits per heavy atom. The maximum Gasteiger partial charge on any atom is 0.348 e. The first-order chi connectivity index (χ1) is 11.3. The molecule has 11 heteroatoms. The number of rotatable bonds is 5. The van der Waals surface area contributed by atoms with Gasteiger partial charge in [-0.05, 0) is 24.1 Å². The summed E-state index contributed by atoms with van der Waals surface area (Å²) in [4.78, 5) is 28.2. The fourth-order valence-electron chi connectivity index (χ4n) is 2.41. The number of fused-ring (bicyclic) bond motifs is 1. The monoisotopic (exact) mass is 377 g/mol. The molecule has 0 amide bonds. The Kier molecular flexibility index (Phi) is 4.75. The Morgan fingerprint density at radius 3 is 2.44 bits per heavy atom. The average molecular weight is 377 g/mol. The zero-order valence-corrected chi connectivity index (χ0v) is 14.4. The fraction of sp³-hybridized carbons (Fsp3) is 0.429. The smallest absolute Gasteiger partial charge is 0.348 e. The molecule has 0 radical (unpaired) electrons. The summed E-state index contributed by atoms with van der Waals surface area (Å²) < 4.78 is 50.5. The van der Waals surface area contributed by atoms with Crippen molar-refractivity contribution in [3.05, 3.63) is 44.1 Å². The van der Waals surface area contributed by atoms with Crippen molar-refractivity contribution >= 4 is 20.9 Å². The predicted octanol–water partition coefficient (Wildman–Crippen LogP) is 0.748. The summed E-state index contributed by atoms with van der Waals surface area (Å²) >= 11 is 0. The highest BCUT2D eigenvalue weighted by Crippen LogP contribution is 2.35. The molecule has 0 aliphatic carbocycles. The van der Waals surface area contributed by atoms with Crippen molar-refractivity contribution in [2.75, 3.05) is 11.1 Å². The minimum atomic E-state index is -3.93. The predicted molar refractivity (Wildman–Crippen MR) is 87.9 cm³/mol. The molecule has 0 saturated heterocycles. The summed E-state index contributed by atoms with van der Waals surface area (Å²) in [5, 5.41) is 9.79.